The van der Waals surface area contributed by atoms with Gasteiger partial charge in [0, 0.05) is 5.92 Å². The Labute approximate surface area is 206 Å². The first-order valence-corrected chi connectivity index (χ1v) is 12.4. The lowest BCUT2D eigenvalue weighted by Gasteiger charge is -2.27. The molecule has 0 aromatic heterocycles. The molecule has 2 aromatic carbocycles. The van der Waals surface area contributed by atoms with Gasteiger partial charge in [0.25, 0.3) is 0 Å². The van der Waals surface area contributed by atoms with Crippen LogP contribution in [0.25, 0.3) is 0 Å². The summed E-state index contributed by atoms with van der Waals surface area (Å²) in [5.74, 6) is -0.580. The standard InChI is InChI=1S/C30H42O4/c1-19(2)23-10-14-25(15-11-23)28(26-16-12-24(13-17-26)20(3)4)22(6)33-29(32)21(5)18-27(31)34-30(7,8)9/h10-17,19-22,28H,18H2,1-9H3/t21-,22+/m1/s1. The first-order chi connectivity index (χ1) is 15.8. The molecular weight excluding hydrogens is 424 g/mol. The van der Waals surface area contributed by atoms with Crippen LogP contribution in [0.15, 0.2) is 48.5 Å². The normalized spacial score (nSPS) is 13.8. The molecule has 186 valence electrons. The SMILES string of the molecule is CC(C)c1ccc(C(c2ccc(C(C)C)cc2)[C@H](C)OC(=O)[C@H](C)CC(=O)OC(C)(C)C)cc1. The predicted molar refractivity (Wildman–Crippen MR) is 138 cm³/mol. The second-order valence-electron chi connectivity index (χ2n) is 11.0. The Morgan fingerprint density at radius 3 is 1.44 bits per heavy atom. The third kappa shape index (κ3) is 8.00. The molecule has 0 radical (unpaired) electrons. The average molecular weight is 467 g/mol. The number of carbonyl (C=O) groups is 2. The van der Waals surface area contributed by atoms with Gasteiger partial charge in [-0.2, -0.15) is 0 Å². The van der Waals surface area contributed by atoms with Gasteiger partial charge in [0.1, 0.15) is 11.7 Å². The molecule has 4 nitrogen and oxygen atoms in total. The summed E-state index contributed by atoms with van der Waals surface area (Å²) in [4.78, 5) is 25.1. The van der Waals surface area contributed by atoms with Crippen LogP contribution in [0.3, 0.4) is 0 Å². The Morgan fingerprint density at radius 2 is 1.09 bits per heavy atom. The van der Waals surface area contributed by atoms with Crippen molar-refractivity contribution in [1.29, 1.82) is 0 Å². The Balaban J connectivity index is 2.25. The zero-order valence-corrected chi connectivity index (χ0v) is 22.3. The van der Waals surface area contributed by atoms with Gasteiger partial charge in [-0.3, -0.25) is 9.59 Å². The van der Waals surface area contributed by atoms with Gasteiger partial charge in [-0.25, -0.2) is 0 Å². The summed E-state index contributed by atoms with van der Waals surface area (Å²) in [6, 6.07) is 17.1. The van der Waals surface area contributed by atoms with E-state index in [-0.39, 0.29) is 18.3 Å². The molecule has 0 amide bonds. The highest BCUT2D eigenvalue weighted by Gasteiger charge is 2.29. The van der Waals surface area contributed by atoms with Crippen LogP contribution in [-0.2, 0) is 19.1 Å². The van der Waals surface area contributed by atoms with Gasteiger partial charge in [-0.05, 0) is 61.8 Å². The van der Waals surface area contributed by atoms with Crippen molar-refractivity contribution in [2.75, 3.05) is 0 Å². The van der Waals surface area contributed by atoms with Gasteiger partial charge >= 0.3 is 11.9 Å². The van der Waals surface area contributed by atoms with Crippen LogP contribution in [0.5, 0.6) is 0 Å². The van der Waals surface area contributed by atoms with Crippen LogP contribution < -0.4 is 0 Å². The number of rotatable bonds is 9. The molecule has 2 rings (SSSR count). The van der Waals surface area contributed by atoms with Crippen LogP contribution >= 0.6 is 0 Å². The average Bonchev–Trinajstić information content (AvgIpc) is 2.73. The lowest BCUT2D eigenvalue weighted by atomic mass is 9.85. The van der Waals surface area contributed by atoms with Gasteiger partial charge in [-0.15, -0.1) is 0 Å². The van der Waals surface area contributed by atoms with E-state index < -0.39 is 23.6 Å². The van der Waals surface area contributed by atoms with Gasteiger partial charge in [0.2, 0.25) is 0 Å². The quantitative estimate of drug-likeness (QED) is 0.362. The number of esters is 2. The third-order valence-electron chi connectivity index (χ3n) is 5.99. The van der Waals surface area contributed by atoms with Crippen LogP contribution in [-0.4, -0.2) is 23.6 Å². The topological polar surface area (TPSA) is 52.6 Å². The number of ether oxygens (including phenoxy) is 2. The molecule has 0 aliphatic rings. The fraction of sp³-hybridized carbons (Fsp3) is 0.533. The summed E-state index contributed by atoms with van der Waals surface area (Å²) in [6.45, 7) is 17.8. The zero-order valence-electron chi connectivity index (χ0n) is 22.3. The first-order valence-electron chi connectivity index (χ1n) is 12.4. The monoisotopic (exact) mass is 466 g/mol. The minimum atomic E-state index is -0.580. The van der Waals surface area contributed by atoms with Crippen molar-refractivity contribution >= 4 is 11.9 Å². The third-order valence-corrected chi connectivity index (χ3v) is 5.99. The van der Waals surface area contributed by atoms with Crippen molar-refractivity contribution in [3.05, 3.63) is 70.8 Å². The largest absolute Gasteiger partial charge is 0.461 e. The summed E-state index contributed by atoms with van der Waals surface area (Å²) in [6.07, 6.45) is -0.400. The minimum absolute atomic E-state index is 0.000336. The molecular formula is C30H42O4. The molecule has 0 saturated carbocycles. The van der Waals surface area contributed by atoms with E-state index in [0.29, 0.717) is 11.8 Å². The molecule has 34 heavy (non-hydrogen) atoms. The Hall–Kier alpha value is -2.62. The van der Waals surface area contributed by atoms with Crippen molar-refractivity contribution in [2.45, 2.75) is 98.2 Å². The molecule has 0 aliphatic carbocycles. The number of carbonyl (C=O) groups excluding carboxylic acids is 2. The van der Waals surface area contributed by atoms with E-state index in [4.69, 9.17) is 9.47 Å². The lowest BCUT2D eigenvalue weighted by molar-refractivity contribution is -0.163. The van der Waals surface area contributed by atoms with E-state index >= 15 is 0 Å². The smallest absolute Gasteiger partial charge is 0.309 e. The van der Waals surface area contributed by atoms with Gasteiger partial charge < -0.3 is 9.47 Å². The zero-order chi connectivity index (χ0) is 25.6. The molecule has 2 aromatic rings. The van der Waals surface area contributed by atoms with Crippen molar-refractivity contribution in [1.82, 2.24) is 0 Å². The van der Waals surface area contributed by atoms with Crippen molar-refractivity contribution in [3.63, 3.8) is 0 Å². The molecule has 4 heteroatoms. The van der Waals surface area contributed by atoms with Crippen LogP contribution in [0, 0.1) is 5.92 Å². The molecule has 0 fully saturated rings. The van der Waals surface area contributed by atoms with E-state index in [0.717, 1.165) is 11.1 Å². The van der Waals surface area contributed by atoms with E-state index in [1.165, 1.54) is 11.1 Å². The molecule has 0 unspecified atom stereocenters. The van der Waals surface area contributed by atoms with Crippen molar-refractivity contribution in [3.8, 4) is 0 Å². The molecule has 2 atom stereocenters. The molecule has 0 bridgehead atoms. The minimum Gasteiger partial charge on any atom is -0.461 e. The summed E-state index contributed by atoms with van der Waals surface area (Å²) >= 11 is 0. The van der Waals surface area contributed by atoms with E-state index in [9.17, 15) is 9.59 Å². The molecule has 0 saturated heterocycles. The summed E-state index contributed by atoms with van der Waals surface area (Å²) < 4.78 is 11.3. The maximum Gasteiger partial charge on any atom is 0.309 e. The van der Waals surface area contributed by atoms with Gasteiger partial charge in [0.05, 0.1) is 12.3 Å². The van der Waals surface area contributed by atoms with Crippen molar-refractivity contribution < 1.29 is 19.1 Å². The maximum atomic E-state index is 12.9. The first kappa shape index (κ1) is 27.6. The summed E-state index contributed by atoms with van der Waals surface area (Å²) in [7, 11) is 0. The van der Waals surface area contributed by atoms with E-state index in [2.05, 4.69) is 76.2 Å². The highest BCUT2D eigenvalue weighted by atomic mass is 16.6. The van der Waals surface area contributed by atoms with Crippen LogP contribution in [0.1, 0.15) is 109 Å². The highest BCUT2D eigenvalue weighted by Crippen LogP contribution is 2.32. The van der Waals surface area contributed by atoms with Crippen molar-refractivity contribution in [2.24, 2.45) is 5.92 Å². The second-order valence-corrected chi connectivity index (χ2v) is 11.0. The Kier molecular flexibility index (Phi) is 9.49. The summed E-state index contributed by atoms with van der Waals surface area (Å²) in [5, 5.41) is 0. The van der Waals surface area contributed by atoms with Crippen LogP contribution in [0.4, 0.5) is 0 Å². The number of hydrogen-bond donors (Lipinski definition) is 0. The molecule has 0 heterocycles. The van der Waals surface area contributed by atoms with E-state index in [1.54, 1.807) is 6.92 Å². The lowest BCUT2D eigenvalue weighted by Crippen LogP contribution is -2.30. The second kappa shape index (κ2) is 11.7. The molecule has 0 spiro atoms. The maximum absolute atomic E-state index is 12.9. The van der Waals surface area contributed by atoms with Gasteiger partial charge in [-0.1, -0.05) is 83.1 Å². The Morgan fingerprint density at radius 1 is 0.706 bits per heavy atom. The fourth-order valence-corrected chi connectivity index (χ4v) is 3.99. The molecule has 0 aliphatic heterocycles. The summed E-state index contributed by atoms with van der Waals surface area (Å²) in [5.41, 5.74) is 4.16. The number of benzene rings is 2. The van der Waals surface area contributed by atoms with Crippen LogP contribution in [0.2, 0.25) is 0 Å². The molecule has 0 N–H and O–H groups in total. The van der Waals surface area contributed by atoms with E-state index in [1.807, 2.05) is 27.7 Å². The predicted octanol–water partition coefficient (Wildman–Crippen LogP) is 7.36. The Bertz CT molecular complexity index is 882. The fourth-order valence-electron chi connectivity index (χ4n) is 3.99. The highest BCUT2D eigenvalue weighted by molar-refractivity contribution is 5.80. The number of hydrogen-bond acceptors (Lipinski definition) is 4. The van der Waals surface area contributed by atoms with Gasteiger partial charge in [0.15, 0.2) is 0 Å².